The minimum absolute atomic E-state index is 0. The molecule has 0 fully saturated rings. The molecule has 0 unspecified atom stereocenters. The van der Waals surface area contributed by atoms with Crippen LogP contribution in [0.25, 0.3) is 25.6 Å². The third-order valence-corrected chi connectivity index (χ3v) is 7.72. The molecule has 0 saturated carbocycles. The molecular weight excluding hydrogens is 465 g/mol. The summed E-state index contributed by atoms with van der Waals surface area (Å²) in [6.07, 6.45) is 1.50. The zero-order valence-corrected chi connectivity index (χ0v) is 21.7. The minimum Gasteiger partial charge on any atom is -0.442 e. The number of pyridine rings is 1. The molecule has 1 aliphatic heterocycles. The maximum Gasteiger partial charge on any atom is 1.00 e. The molecule has 0 atom stereocenters. The molecule has 0 saturated heterocycles. The first kappa shape index (κ1) is 23.7. The maximum absolute atomic E-state index is 12.7. The molecule has 0 spiro atoms. The van der Waals surface area contributed by atoms with Gasteiger partial charge in [0.2, 0.25) is 10.0 Å². The summed E-state index contributed by atoms with van der Waals surface area (Å²) in [6.45, 7) is 0.611. The second-order valence-electron chi connectivity index (χ2n) is 7.48. The molecule has 1 aliphatic rings. The van der Waals surface area contributed by atoms with E-state index in [2.05, 4.69) is 15.8 Å². The van der Waals surface area contributed by atoms with E-state index in [9.17, 15) is 13.2 Å². The van der Waals surface area contributed by atoms with Crippen LogP contribution in [0.15, 0.2) is 83.9 Å². The molecule has 160 valence electrons. The summed E-state index contributed by atoms with van der Waals surface area (Å²) in [5, 5.41) is 0. The summed E-state index contributed by atoms with van der Waals surface area (Å²) in [7, 11) is -2.08. The van der Waals surface area contributed by atoms with Gasteiger partial charge in [0.05, 0.1) is 4.90 Å². The van der Waals surface area contributed by atoms with Gasteiger partial charge in [-0.15, -0.1) is 11.3 Å². The minimum atomic E-state index is -3.88. The van der Waals surface area contributed by atoms with Crippen LogP contribution >= 0.6 is 11.3 Å². The Hall–Kier alpha value is -2.49. The fourth-order valence-corrected chi connectivity index (χ4v) is 5.65. The summed E-state index contributed by atoms with van der Waals surface area (Å²) in [4.78, 5) is 19.9. The summed E-state index contributed by atoms with van der Waals surface area (Å²) >= 11 is 1.57. The first-order valence-electron chi connectivity index (χ1n) is 9.89. The number of hydrogen-bond donors (Lipinski definition) is 0. The zero-order valence-electron chi connectivity index (χ0n) is 18.1. The van der Waals surface area contributed by atoms with Crippen molar-refractivity contribution in [2.75, 3.05) is 7.05 Å². The number of carbonyl (C=O) groups excluding carboxylic acids is 1. The Bertz CT molecular complexity index is 1440. The van der Waals surface area contributed by atoms with E-state index < -0.39 is 10.0 Å². The summed E-state index contributed by atoms with van der Waals surface area (Å²) in [6, 6.07) is 21.6. The summed E-state index contributed by atoms with van der Waals surface area (Å²) < 4.78 is 29.3. The molecule has 6 nitrogen and oxygen atoms in total. The van der Waals surface area contributed by atoms with Crippen LogP contribution in [0.3, 0.4) is 0 Å². The molecule has 3 heterocycles. The molecule has 9 heteroatoms. The van der Waals surface area contributed by atoms with Gasteiger partial charge in [0.15, 0.2) is 0 Å². The standard InChI is InChI=1S/C24H18N3O3S2.Na/c1-27-15-18-13-17(8-9-20(18)24(27)28)22-11-10-21(31-22)16-5-4-6-19(14-16)32(29,30)26-23-7-2-3-12-25-23;/h2-14H,15H2,1H3;/q-1;+1. The number of amides is 1. The Balaban J connectivity index is 0.00000259. The van der Waals surface area contributed by atoms with Crippen molar-refractivity contribution in [1.29, 1.82) is 0 Å². The fraction of sp³-hybridized carbons (Fsp3) is 0.0833. The van der Waals surface area contributed by atoms with Gasteiger partial charge in [-0.1, -0.05) is 42.6 Å². The van der Waals surface area contributed by atoms with E-state index in [1.807, 2.05) is 30.3 Å². The van der Waals surface area contributed by atoms with Gasteiger partial charge in [0, 0.05) is 28.9 Å². The van der Waals surface area contributed by atoms with E-state index in [4.69, 9.17) is 0 Å². The molecule has 0 bridgehead atoms. The second-order valence-corrected chi connectivity index (χ2v) is 10.2. The Morgan fingerprint density at radius 2 is 1.70 bits per heavy atom. The SMILES string of the molecule is CN1Cc2cc(-c3ccc(-c4cccc(S(=O)(=O)[N-]c5ccccn5)c4)s3)ccc2C1=O.[Na+]. The Morgan fingerprint density at radius 1 is 0.939 bits per heavy atom. The predicted molar refractivity (Wildman–Crippen MR) is 125 cm³/mol. The van der Waals surface area contributed by atoms with Crippen LogP contribution in [0.4, 0.5) is 5.82 Å². The summed E-state index contributed by atoms with van der Waals surface area (Å²) in [5.74, 6) is 0.199. The van der Waals surface area contributed by atoms with Crippen LogP contribution in [-0.2, 0) is 16.6 Å². The van der Waals surface area contributed by atoms with E-state index >= 15 is 0 Å². The monoisotopic (exact) mass is 483 g/mol. The van der Waals surface area contributed by atoms with E-state index in [0.29, 0.717) is 6.54 Å². The molecule has 0 radical (unpaired) electrons. The van der Waals surface area contributed by atoms with Gasteiger partial charge in [-0.2, -0.15) is 0 Å². The van der Waals surface area contributed by atoms with Crippen molar-refractivity contribution in [3.8, 4) is 20.9 Å². The van der Waals surface area contributed by atoms with E-state index in [1.54, 1.807) is 53.6 Å². The number of thiophene rings is 1. The molecule has 0 aliphatic carbocycles. The van der Waals surface area contributed by atoms with Crippen LogP contribution in [0.1, 0.15) is 15.9 Å². The number of nitrogens with zero attached hydrogens (tertiary/aromatic N) is 3. The molecule has 2 aromatic heterocycles. The molecule has 2 aromatic carbocycles. The van der Waals surface area contributed by atoms with Gasteiger partial charge in [0.1, 0.15) is 0 Å². The van der Waals surface area contributed by atoms with Crippen LogP contribution in [0.5, 0.6) is 0 Å². The Kier molecular flexibility index (Phi) is 6.74. The van der Waals surface area contributed by atoms with Crippen LogP contribution in [-0.4, -0.2) is 31.3 Å². The second kappa shape index (κ2) is 9.40. The number of rotatable bonds is 5. The third kappa shape index (κ3) is 4.76. The summed E-state index contributed by atoms with van der Waals surface area (Å²) in [5.41, 5.74) is 3.61. The topological polar surface area (TPSA) is 81.4 Å². The fourth-order valence-electron chi connectivity index (χ4n) is 3.66. The van der Waals surface area contributed by atoms with Crippen molar-refractivity contribution >= 4 is 33.1 Å². The van der Waals surface area contributed by atoms with Crippen molar-refractivity contribution in [3.63, 3.8) is 0 Å². The zero-order chi connectivity index (χ0) is 22.3. The Labute approximate surface area is 218 Å². The van der Waals surface area contributed by atoms with Crippen molar-refractivity contribution < 1.29 is 42.8 Å². The van der Waals surface area contributed by atoms with Crippen molar-refractivity contribution in [2.24, 2.45) is 0 Å². The van der Waals surface area contributed by atoms with Crippen molar-refractivity contribution in [2.45, 2.75) is 11.4 Å². The number of sulfonamides is 1. The molecule has 1 amide bonds. The van der Waals surface area contributed by atoms with Gasteiger partial charge >= 0.3 is 29.6 Å². The van der Waals surface area contributed by atoms with E-state index in [0.717, 1.165) is 32.0 Å². The number of fused-ring (bicyclic) bond motifs is 1. The van der Waals surface area contributed by atoms with Gasteiger partial charge in [-0.3, -0.25) is 4.79 Å². The quantitative estimate of drug-likeness (QED) is 0.409. The average molecular weight is 484 g/mol. The van der Waals surface area contributed by atoms with Gasteiger partial charge in [-0.05, 0) is 58.9 Å². The maximum atomic E-state index is 12.7. The molecule has 4 aromatic rings. The Morgan fingerprint density at radius 3 is 2.42 bits per heavy atom. The molecule has 5 rings (SSSR count). The van der Waals surface area contributed by atoms with Crippen molar-refractivity contribution in [1.82, 2.24) is 9.88 Å². The molecule has 33 heavy (non-hydrogen) atoms. The van der Waals surface area contributed by atoms with Crippen LogP contribution in [0, 0.1) is 0 Å². The van der Waals surface area contributed by atoms with Gasteiger partial charge in [0.25, 0.3) is 5.91 Å². The van der Waals surface area contributed by atoms with Crippen LogP contribution in [0.2, 0.25) is 0 Å². The van der Waals surface area contributed by atoms with Gasteiger partial charge in [-0.25, -0.2) is 8.42 Å². The number of aromatic nitrogens is 1. The number of benzene rings is 2. The third-order valence-electron chi connectivity index (χ3n) is 5.26. The predicted octanol–water partition coefficient (Wildman–Crippen LogP) is 2.46. The average Bonchev–Trinajstić information content (AvgIpc) is 3.39. The normalized spacial score (nSPS) is 12.9. The smallest absolute Gasteiger partial charge is 0.442 e. The van der Waals surface area contributed by atoms with Crippen molar-refractivity contribution in [3.05, 3.63) is 94.8 Å². The number of hydrogen-bond acceptors (Lipinski definition) is 5. The largest absolute Gasteiger partial charge is 1.00 e. The first-order chi connectivity index (χ1) is 15.4. The van der Waals surface area contributed by atoms with Crippen LogP contribution < -0.4 is 29.6 Å². The van der Waals surface area contributed by atoms with E-state index in [1.165, 1.54) is 12.3 Å². The molecule has 0 N–H and O–H groups in total. The van der Waals surface area contributed by atoms with E-state index in [-0.39, 0.29) is 46.2 Å². The molecular formula is C24H18N3NaO3S2. The first-order valence-corrected chi connectivity index (χ1v) is 12.1. The van der Waals surface area contributed by atoms with Gasteiger partial charge < -0.3 is 14.6 Å². The number of carbonyl (C=O) groups is 1.